The van der Waals surface area contributed by atoms with Crippen LogP contribution in [-0.4, -0.2) is 23.5 Å². The number of amides is 1. The Bertz CT molecular complexity index is 488. The summed E-state index contributed by atoms with van der Waals surface area (Å²) >= 11 is 3.40. The van der Waals surface area contributed by atoms with Crippen molar-refractivity contribution in [2.24, 2.45) is 5.92 Å². The van der Waals surface area contributed by atoms with Crippen LogP contribution in [0.5, 0.6) is 0 Å². The molecule has 0 saturated heterocycles. The molecule has 0 aliphatic heterocycles. The van der Waals surface area contributed by atoms with E-state index in [-0.39, 0.29) is 18.2 Å². The number of benzene rings is 1. The van der Waals surface area contributed by atoms with Crippen LogP contribution in [-0.2, 0) is 4.79 Å². The van der Waals surface area contributed by atoms with E-state index in [2.05, 4.69) is 21.2 Å². The van der Waals surface area contributed by atoms with Gasteiger partial charge in [-0.2, -0.15) is 0 Å². The Balaban J connectivity index is 2.40. The normalized spacial score (nSPS) is 11.9. The molecule has 110 valence electrons. The molecule has 0 spiro atoms. The molecule has 2 N–H and O–H groups in total. The Morgan fingerprint density at radius 2 is 2.05 bits per heavy atom. The molecule has 0 radical (unpaired) electrons. The molecule has 4 nitrogen and oxygen atoms in total. The van der Waals surface area contributed by atoms with Gasteiger partial charge in [0.15, 0.2) is 0 Å². The minimum atomic E-state index is -0.773. The van der Waals surface area contributed by atoms with Crippen LogP contribution in [0.25, 0.3) is 0 Å². The van der Waals surface area contributed by atoms with Gasteiger partial charge in [0, 0.05) is 23.0 Å². The molecule has 0 fully saturated rings. The van der Waals surface area contributed by atoms with Gasteiger partial charge in [0.1, 0.15) is 0 Å². The highest BCUT2D eigenvalue weighted by atomic mass is 79.9. The maximum absolute atomic E-state index is 12.0. The Morgan fingerprint density at radius 1 is 1.35 bits per heavy atom. The number of hydrogen-bond donors (Lipinski definition) is 2. The Kier molecular flexibility index (Phi) is 6.71. The van der Waals surface area contributed by atoms with Crippen LogP contribution in [0.15, 0.2) is 22.7 Å². The van der Waals surface area contributed by atoms with Gasteiger partial charge in [0.25, 0.3) is 5.91 Å². The van der Waals surface area contributed by atoms with Gasteiger partial charge in [-0.15, -0.1) is 0 Å². The molecular weight excluding hydrogens is 322 g/mol. The predicted octanol–water partition coefficient (Wildman–Crippen LogP) is 3.38. The smallest absolute Gasteiger partial charge is 0.303 e. The molecule has 1 aromatic rings. The third-order valence-electron chi connectivity index (χ3n) is 3.29. The van der Waals surface area contributed by atoms with Crippen molar-refractivity contribution in [2.75, 3.05) is 6.54 Å². The molecule has 1 unspecified atom stereocenters. The van der Waals surface area contributed by atoms with Crippen molar-refractivity contribution in [1.82, 2.24) is 5.32 Å². The van der Waals surface area contributed by atoms with Crippen LogP contribution >= 0.6 is 15.9 Å². The topological polar surface area (TPSA) is 66.4 Å². The first-order valence-electron chi connectivity index (χ1n) is 6.67. The number of nitrogens with one attached hydrogen (secondary N) is 1. The van der Waals surface area contributed by atoms with Gasteiger partial charge in [-0.25, -0.2) is 0 Å². The Hall–Kier alpha value is -1.36. The van der Waals surface area contributed by atoms with E-state index >= 15 is 0 Å². The number of carboxylic acids is 1. The highest BCUT2D eigenvalue weighted by Gasteiger charge is 2.11. The number of aliphatic carboxylic acids is 1. The van der Waals surface area contributed by atoms with E-state index in [9.17, 15) is 9.59 Å². The standard InChI is InChI=1S/C15H20BrNO3/c1-10(6-7-14(18)19)8-9-17-15(20)12-4-3-5-13(16)11(12)2/h3-5,10H,6-9H2,1-2H3,(H,17,20)(H,18,19). The second-order valence-electron chi connectivity index (χ2n) is 4.99. The maximum atomic E-state index is 12.0. The quantitative estimate of drug-likeness (QED) is 0.798. The van der Waals surface area contributed by atoms with Gasteiger partial charge in [-0.1, -0.05) is 28.9 Å². The van der Waals surface area contributed by atoms with Gasteiger partial charge in [0.2, 0.25) is 0 Å². The first-order chi connectivity index (χ1) is 9.41. The van der Waals surface area contributed by atoms with Gasteiger partial charge in [-0.3, -0.25) is 9.59 Å². The molecule has 1 rings (SSSR count). The molecule has 0 aromatic heterocycles. The van der Waals surface area contributed by atoms with Crippen molar-refractivity contribution in [3.8, 4) is 0 Å². The average Bonchev–Trinajstić information content (AvgIpc) is 2.39. The van der Waals surface area contributed by atoms with Gasteiger partial charge >= 0.3 is 5.97 Å². The van der Waals surface area contributed by atoms with Gasteiger partial charge < -0.3 is 10.4 Å². The maximum Gasteiger partial charge on any atom is 0.303 e. The van der Waals surface area contributed by atoms with E-state index < -0.39 is 5.97 Å². The van der Waals surface area contributed by atoms with E-state index in [1.54, 1.807) is 6.07 Å². The van der Waals surface area contributed by atoms with Crippen molar-refractivity contribution in [2.45, 2.75) is 33.1 Å². The highest BCUT2D eigenvalue weighted by molar-refractivity contribution is 9.10. The van der Waals surface area contributed by atoms with Crippen molar-refractivity contribution in [3.63, 3.8) is 0 Å². The summed E-state index contributed by atoms with van der Waals surface area (Å²) in [5.41, 5.74) is 1.58. The molecule has 0 bridgehead atoms. The lowest BCUT2D eigenvalue weighted by Gasteiger charge is -2.12. The number of rotatable bonds is 7. The molecule has 20 heavy (non-hydrogen) atoms. The van der Waals surface area contributed by atoms with Crippen molar-refractivity contribution in [3.05, 3.63) is 33.8 Å². The largest absolute Gasteiger partial charge is 0.481 e. The van der Waals surface area contributed by atoms with Crippen molar-refractivity contribution >= 4 is 27.8 Å². The number of halogens is 1. The minimum Gasteiger partial charge on any atom is -0.481 e. The lowest BCUT2D eigenvalue weighted by molar-refractivity contribution is -0.137. The SMILES string of the molecule is Cc1c(Br)cccc1C(=O)NCCC(C)CCC(=O)O. The average molecular weight is 342 g/mol. The second kappa shape index (κ2) is 8.04. The van der Waals surface area contributed by atoms with Gasteiger partial charge in [-0.05, 0) is 43.4 Å². The van der Waals surface area contributed by atoms with E-state index in [0.29, 0.717) is 18.5 Å². The summed E-state index contributed by atoms with van der Waals surface area (Å²) in [5.74, 6) is -0.574. The summed E-state index contributed by atoms with van der Waals surface area (Å²) in [5, 5.41) is 11.5. The minimum absolute atomic E-state index is 0.0887. The number of carbonyl (C=O) groups excluding carboxylic acids is 1. The zero-order valence-corrected chi connectivity index (χ0v) is 13.4. The second-order valence-corrected chi connectivity index (χ2v) is 5.85. The lowest BCUT2D eigenvalue weighted by Crippen LogP contribution is -2.26. The molecule has 0 heterocycles. The van der Waals surface area contributed by atoms with Crippen molar-refractivity contribution in [1.29, 1.82) is 0 Å². The fourth-order valence-electron chi connectivity index (χ4n) is 1.89. The Morgan fingerprint density at radius 3 is 2.70 bits per heavy atom. The van der Waals surface area contributed by atoms with Crippen LogP contribution < -0.4 is 5.32 Å². The summed E-state index contributed by atoms with van der Waals surface area (Å²) in [6, 6.07) is 5.53. The monoisotopic (exact) mass is 341 g/mol. The summed E-state index contributed by atoms with van der Waals surface area (Å²) < 4.78 is 0.917. The molecule has 5 heteroatoms. The fraction of sp³-hybridized carbons (Fsp3) is 0.467. The summed E-state index contributed by atoms with van der Waals surface area (Å²) in [6.45, 7) is 4.46. The van der Waals surface area contributed by atoms with Crippen molar-refractivity contribution < 1.29 is 14.7 Å². The highest BCUT2D eigenvalue weighted by Crippen LogP contribution is 2.19. The molecule has 0 saturated carbocycles. The third kappa shape index (κ3) is 5.33. The molecule has 1 atom stereocenters. The van der Waals surface area contributed by atoms with Crippen LogP contribution in [0, 0.1) is 12.8 Å². The third-order valence-corrected chi connectivity index (χ3v) is 4.15. The Labute approximate surface area is 127 Å². The lowest BCUT2D eigenvalue weighted by atomic mass is 10.0. The van der Waals surface area contributed by atoms with E-state index in [0.717, 1.165) is 16.5 Å². The molecule has 0 aliphatic rings. The van der Waals surface area contributed by atoms with Crippen LogP contribution in [0.1, 0.15) is 42.1 Å². The number of carboxylic acid groups (broad SMARTS) is 1. The predicted molar refractivity (Wildman–Crippen MR) is 81.9 cm³/mol. The van der Waals surface area contributed by atoms with Crippen LogP contribution in [0.4, 0.5) is 0 Å². The number of carbonyl (C=O) groups is 2. The molecule has 1 aromatic carbocycles. The summed E-state index contributed by atoms with van der Waals surface area (Å²) in [7, 11) is 0. The summed E-state index contributed by atoms with van der Waals surface area (Å²) in [4.78, 5) is 22.5. The van der Waals surface area contributed by atoms with Gasteiger partial charge in [0.05, 0.1) is 0 Å². The molecule has 1 amide bonds. The first-order valence-corrected chi connectivity index (χ1v) is 7.46. The molecule has 0 aliphatic carbocycles. The first kappa shape index (κ1) is 16.7. The summed E-state index contributed by atoms with van der Waals surface area (Å²) in [6.07, 6.45) is 1.60. The fourth-order valence-corrected chi connectivity index (χ4v) is 2.26. The van der Waals surface area contributed by atoms with E-state index in [4.69, 9.17) is 5.11 Å². The zero-order chi connectivity index (χ0) is 15.1. The van der Waals surface area contributed by atoms with E-state index in [1.165, 1.54) is 0 Å². The van der Waals surface area contributed by atoms with Crippen LogP contribution in [0.2, 0.25) is 0 Å². The molecular formula is C15H20BrNO3. The van der Waals surface area contributed by atoms with Crippen LogP contribution in [0.3, 0.4) is 0 Å². The van der Waals surface area contributed by atoms with E-state index in [1.807, 2.05) is 26.0 Å². The number of hydrogen-bond acceptors (Lipinski definition) is 2. The zero-order valence-electron chi connectivity index (χ0n) is 11.8.